The quantitative estimate of drug-likeness (QED) is 0.700. The Morgan fingerprint density at radius 3 is 2.82 bits per heavy atom. The minimum atomic E-state index is 0.781. The van der Waals surface area contributed by atoms with Gasteiger partial charge in [-0.1, -0.05) is 19.1 Å². The van der Waals surface area contributed by atoms with Gasteiger partial charge in [-0.25, -0.2) is 0 Å². The van der Waals surface area contributed by atoms with E-state index in [-0.39, 0.29) is 0 Å². The fourth-order valence-electron chi connectivity index (χ4n) is 1.59. The molecule has 0 amide bonds. The number of hydrogen-bond donors (Lipinski definition) is 1. The van der Waals surface area contributed by atoms with E-state index in [0.717, 1.165) is 38.4 Å². The van der Waals surface area contributed by atoms with Crippen LogP contribution in [-0.4, -0.2) is 38.7 Å². The van der Waals surface area contributed by atoms with Crippen molar-refractivity contribution in [3.63, 3.8) is 0 Å². The molecule has 1 aromatic carbocycles. The van der Waals surface area contributed by atoms with E-state index in [0.29, 0.717) is 0 Å². The summed E-state index contributed by atoms with van der Waals surface area (Å²) in [5.74, 6) is 0.971. The van der Waals surface area contributed by atoms with Gasteiger partial charge in [0.05, 0.1) is 6.61 Å². The zero-order valence-electron chi connectivity index (χ0n) is 11.2. The van der Waals surface area contributed by atoms with Gasteiger partial charge in [0.15, 0.2) is 0 Å². The van der Waals surface area contributed by atoms with Gasteiger partial charge in [-0.3, -0.25) is 0 Å². The van der Waals surface area contributed by atoms with Crippen LogP contribution in [0.15, 0.2) is 24.3 Å². The molecular weight excluding hydrogens is 212 g/mol. The maximum atomic E-state index is 5.72. The zero-order chi connectivity index (χ0) is 12.5. The van der Waals surface area contributed by atoms with Crippen molar-refractivity contribution < 1.29 is 4.74 Å². The van der Waals surface area contributed by atoms with Crippen LogP contribution in [0.5, 0.6) is 5.75 Å². The van der Waals surface area contributed by atoms with E-state index in [9.17, 15) is 0 Å². The molecule has 0 saturated carbocycles. The summed E-state index contributed by atoms with van der Waals surface area (Å²) in [5, 5.41) is 3.31. The third-order valence-corrected chi connectivity index (χ3v) is 2.50. The van der Waals surface area contributed by atoms with Gasteiger partial charge in [-0.15, -0.1) is 0 Å². The molecule has 0 aliphatic heterocycles. The Bertz CT molecular complexity index is 313. The van der Waals surface area contributed by atoms with Crippen LogP contribution >= 0.6 is 0 Å². The summed E-state index contributed by atoms with van der Waals surface area (Å²) in [6.07, 6.45) is 1.06. The molecule has 0 fully saturated rings. The van der Waals surface area contributed by atoms with Gasteiger partial charge in [-0.05, 0) is 44.8 Å². The van der Waals surface area contributed by atoms with Gasteiger partial charge in [-0.2, -0.15) is 0 Å². The molecule has 1 rings (SSSR count). The molecule has 17 heavy (non-hydrogen) atoms. The highest BCUT2D eigenvalue weighted by Gasteiger charge is 1.97. The van der Waals surface area contributed by atoms with Gasteiger partial charge in [0.1, 0.15) is 5.75 Å². The first-order valence-electron chi connectivity index (χ1n) is 6.29. The number of rotatable bonds is 8. The van der Waals surface area contributed by atoms with Crippen molar-refractivity contribution >= 4 is 0 Å². The fraction of sp³-hybridized carbons (Fsp3) is 0.571. The highest BCUT2D eigenvalue weighted by Crippen LogP contribution is 2.13. The molecule has 0 heterocycles. The van der Waals surface area contributed by atoms with Crippen molar-refractivity contribution in [2.24, 2.45) is 0 Å². The van der Waals surface area contributed by atoms with Crippen molar-refractivity contribution in [3.05, 3.63) is 29.8 Å². The first kappa shape index (κ1) is 14.0. The predicted octanol–water partition coefficient (Wildman–Crippen LogP) is 2.13. The molecule has 0 atom stereocenters. The molecule has 0 aromatic heterocycles. The fourth-order valence-corrected chi connectivity index (χ4v) is 1.59. The Morgan fingerprint density at radius 2 is 2.12 bits per heavy atom. The minimum Gasteiger partial charge on any atom is -0.494 e. The van der Waals surface area contributed by atoms with Crippen molar-refractivity contribution in [1.29, 1.82) is 0 Å². The standard InChI is InChI=1S/C14H24N2O/c1-4-15-12-13-7-5-8-14(11-13)17-10-6-9-16(2)3/h5,7-8,11,15H,4,6,9-10,12H2,1-3H3. The van der Waals surface area contributed by atoms with E-state index in [4.69, 9.17) is 4.74 Å². The second kappa shape index (κ2) is 8.09. The second-order valence-electron chi connectivity index (χ2n) is 4.43. The van der Waals surface area contributed by atoms with Crippen LogP contribution in [0.3, 0.4) is 0 Å². The van der Waals surface area contributed by atoms with Crippen LogP contribution in [0.2, 0.25) is 0 Å². The van der Waals surface area contributed by atoms with Gasteiger partial charge in [0.25, 0.3) is 0 Å². The Morgan fingerprint density at radius 1 is 1.29 bits per heavy atom. The largest absolute Gasteiger partial charge is 0.494 e. The lowest BCUT2D eigenvalue weighted by atomic mass is 10.2. The highest BCUT2D eigenvalue weighted by atomic mass is 16.5. The van der Waals surface area contributed by atoms with Crippen LogP contribution in [0.1, 0.15) is 18.9 Å². The SMILES string of the molecule is CCNCc1cccc(OCCCN(C)C)c1. The number of ether oxygens (including phenoxy) is 1. The third-order valence-electron chi connectivity index (χ3n) is 2.50. The Balaban J connectivity index is 2.32. The Hall–Kier alpha value is -1.06. The average Bonchev–Trinajstić information content (AvgIpc) is 2.32. The molecule has 0 saturated heterocycles. The number of hydrogen-bond acceptors (Lipinski definition) is 3. The summed E-state index contributed by atoms with van der Waals surface area (Å²) < 4.78 is 5.72. The van der Waals surface area contributed by atoms with Crippen molar-refractivity contribution in [2.45, 2.75) is 19.9 Å². The van der Waals surface area contributed by atoms with E-state index < -0.39 is 0 Å². The first-order chi connectivity index (χ1) is 8.22. The third kappa shape index (κ3) is 6.29. The van der Waals surface area contributed by atoms with E-state index in [2.05, 4.69) is 43.4 Å². The lowest BCUT2D eigenvalue weighted by Gasteiger charge is -2.11. The molecule has 0 bridgehead atoms. The monoisotopic (exact) mass is 236 g/mol. The molecule has 0 aliphatic carbocycles. The summed E-state index contributed by atoms with van der Waals surface area (Å²) in [6, 6.07) is 8.30. The average molecular weight is 236 g/mol. The molecule has 96 valence electrons. The number of benzene rings is 1. The van der Waals surface area contributed by atoms with Gasteiger partial charge in [0, 0.05) is 13.1 Å². The van der Waals surface area contributed by atoms with Crippen molar-refractivity contribution in [3.8, 4) is 5.75 Å². The highest BCUT2D eigenvalue weighted by molar-refractivity contribution is 5.28. The number of nitrogens with one attached hydrogen (secondary N) is 1. The first-order valence-corrected chi connectivity index (χ1v) is 6.29. The second-order valence-corrected chi connectivity index (χ2v) is 4.43. The van der Waals surface area contributed by atoms with E-state index >= 15 is 0 Å². The van der Waals surface area contributed by atoms with Crippen molar-refractivity contribution in [1.82, 2.24) is 10.2 Å². The molecule has 3 nitrogen and oxygen atoms in total. The minimum absolute atomic E-state index is 0.781. The van der Waals surface area contributed by atoms with E-state index in [1.165, 1.54) is 5.56 Å². The van der Waals surface area contributed by atoms with Crippen LogP contribution in [0.4, 0.5) is 0 Å². The summed E-state index contributed by atoms with van der Waals surface area (Å²) in [7, 11) is 4.16. The normalized spacial score (nSPS) is 10.8. The molecular formula is C14H24N2O. The topological polar surface area (TPSA) is 24.5 Å². The van der Waals surface area contributed by atoms with Crippen molar-refractivity contribution in [2.75, 3.05) is 33.8 Å². The molecule has 1 aromatic rings. The van der Waals surface area contributed by atoms with Crippen LogP contribution in [0.25, 0.3) is 0 Å². The zero-order valence-corrected chi connectivity index (χ0v) is 11.2. The summed E-state index contributed by atoms with van der Waals surface area (Å²) in [4.78, 5) is 2.17. The molecule has 3 heteroatoms. The van der Waals surface area contributed by atoms with Crippen LogP contribution < -0.4 is 10.1 Å². The van der Waals surface area contributed by atoms with E-state index in [1.54, 1.807) is 0 Å². The lowest BCUT2D eigenvalue weighted by Crippen LogP contribution is -2.15. The van der Waals surface area contributed by atoms with Crippen LogP contribution in [0, 0.1) is 0 Å². The number of nitrogens with zero attached hydrogens (tertiary/aromatic N) is 1. The molecule has 0 aliphatic rings. The van der Waals surface area contributed by atoms with Gasteiger partial charge < -0.3 is 15.0 Å². The molecule has 0 radical (unpaired) electrons. The molecule has 1 N–H and O–H groups in total. The smallest absolute Gasteiger partial charge is 0.119 e. The predicted molar refractivity (Wildman–Crippen MR) is 72.5 cm³/mol. The van der Waals surface area contributed by atoms with Gasteiger partial charge in [0.2, 0.25) is 0 Å². The Labute approximate surface area is 105 Å². The maximum Gasteiger partial charge on any atom is 0.119 e. The maximum absolute atomic E-state index is 5.72. The Kier molecular flexibility index (Phi) is 6.67. The van der Waals surface area contributed by atoms with Gasteiger partial charge >= 0.3 is 0 Å². The summed E-state index contributed by atoms with van der Waals surface area (Å²) >= 11 is 0. The molecule has 0 spiro atoms. The lowest BCUT2D eigenvalue weighted by molar-refractivity contribution is 0.281. The summed E-state index contributed by atoms with van der Waals surface area (Å²) in [5.41, 5.74) is 1.27. The molecule has 0 unspecified atom stereocenters. The van der Waals surface area contributed by atoms with Crippen LogP contribution in [-0.2, 0) is 6.54 Å². The summed E-state index contributed by atoms with van der Waals surface area (Å²) in [6.45, 7) is 5.86. The van der Waals surface area contributed by atoms with E-state index in [1.807, 2.05) is 12.1 Å².